The van der Waals surface area contributed by atoms with Crippen LogP contribution in [0, 0.1) is 0 Å². The van der Waals surface area contributed by atoms with E-state index in [4.69, 9.17) is 0 Å². The Morgan fingerprint density at radius 1 is 1.00 bits per heavy atom. The van der Waals surface area contributed by atoms with Gasteiger partial charge in [0.2, 0.25) is 0 Å². The van der Waals surface area contributed by atoms with Crippen molar-refractivity contribution in [3.63, 3.8) is 0 Å². The van der Waals surface area contributed by atoms with Gasteiger partial charge in [-0.05, 0) is 0 Å². The van der Waals surface area contributed by atoms with Crippen molar-refractivity contribution in [1.29, 1.82) is 0 Å². The molecule has 0 aliphatic carbocycles. The van der Waals surface area contributed by atoms with Crippen LogP contribution in [0.2, 0.25) is 0 Å². The third-order valence-electron chi connectivity index (χ3n) is 0. The van der Waals surface area contributed by atoms with Gasteiger partial charge in [-0.25, -0.2) is 0 Å². The summed E-state index contributed by atoms with van der Waals surface area (Å²) in [5.41, 5.74) is 0. The van der Waals surface area contributed by atoms with Gasteiger partial charge < -0.3 is 0 Å². The van der Waals surface area contributed by atoms with Crippen LogP contribution in [0.5, 0.6) is 0 Å². The first-order chi connectivity index (χ1) is 0. The molecule has 4 heteroatoms. The van der Waals surface area contributed by atoms with E-state index < -0.39 is 0 Å². The summed E-state index contributed by atoms with van der Waals surface area (Å²) in [7, 11) is 0. The van der Waals surface area contributed by atoms with E-state index in [0.29, 0.717) is 0 Å². The number of rotatable bonds is 0. The molecule has 10 radical (unpaired) electrons. The molecular formula is AsCdSbSn. The average Bonchev–Trinajstić information content (AvgIpc) is 0. The van der Waals surface area contributed by atoms with Crippen molar-refractivity contribution in [2.45, 2.75) is 0 Å². The average molecular weight is 428 g/mol. The number of hydrogen-bond acceptors (Lipinski definition) is 0. The molecule has 0 aliphatic rings. The number of hydrogen-bond donors (Lipinski definition) is 0. The van der Waals surface area contributed by atoms with Gasteiger partial charge >= 0.3 is 0 Å². The minimum absolute atomic E-state index is 0. The second-order valence-electron chi connectivity index (χ2n) is 0. The van der Waals surface area contributed by atoms with Gasteiger partial charge in [0.15, 0.2) is 0 Å². The molecule has 0 aromatic heterocycles. The molecule has 0 aliphatic heterocycles. The summed E-state index contributed by atoms with van der Waals surface area (Å²) in [5.74, 6) is 0. The molecule has 0 bridgehead atoms. The Morgan fingerprint density at radius 3 is 1.00 bits per heavy atom. The van der Waals surface area contributed by atoms with Crippen molar-refractivity contribution < 1.29 is 27.3 Å². The van der Waals surface area contributed by atoms with Crippen molar-refractivity contribution in [2.24, 2.45) is 0 Å². The summed E-state index contributed by atoms with van der Waals surface area (Å²) in [6.45, 7) is 0. The first-order valence-corrected chi connectivity index (χ1v) is 0. The normalized spacial score (nSPS) is 0. The molecule has 4 heavy (non-hydrogen) atoms. The molecule has 0 N–H and O–H groups in total. The standard InChI is InChI=1S/As.Cd.Sb.Sn. The molecule has 0 atom stereocenters. The minimum Gasteiger partial charge on any atom is 0 e. The molecule has 0 heterocycles. The third-order valence-corrected chi connectivity index (χ3v) is 0. The van der Waals surface area contributed by atoms with Crippen LogP contribution >= 0.6 is 0 Å². The van der Waals surface area contributed by atoms with Crippen molar-refractivity contribution in [1.82, 2.24) is 0 Å². The van der Waals surface area contributed by atoms with Crippen LogP contribution in [0.15, 0.2) is 0 Å². The Morgan fingerprint density at radius 2 is 1.00 bits per heavy atom. The van der Waals surface area contributed by atoms with E-state index in [2.05, 4.69) is 0 Å². The van der Waals surface area contributed by atoms with E-state index in [1.807, 2.05) is 0 Å². The fourth-order valence-electron chi connectivity index (χ4n) is 0. The summed E-state index contributed by atoms with van der Waals surface area (Å²) < 4.78 is 0. The molecule has 0 nitrogen and oxygen atoms in total. The Labute approximate surface area is 91.7 Å². The maximum Gasteiger partial charge on any atom is 0 e. The zero-order valence-electron chi connectivity index (χ0n) is 2.10. The molecule has 0 fully saturated rings. The summed E-state index contributed by atoms with van der Waals surface area (Å²) in [4.78, 5) is 0. The van der Waals surface area contributed by atoms with Gasteiger partial charge in [0.1, 0.15) is 0 Å². The maximum atomic E-state index is 0. The molecule has 0 unspecified atom stereocenters. The van der Waals surface area contributed by atoms with Crippen LogP contribution in [0.1, 0.15) is 0 Å². The monoisotopic (exact) mass is 430 g/mol. The quantitative estimate of drug-likeness (QED) is 0.429. The molecule has 0 aromatic rings. The van der Waals surface area contributed by atoms with Crippen LogP contribution in [0.3, 0.4) is 0 Å². The van der Waals surface area contributed by atoms with Crippen molar-refractivity contribution in [3.05, 3.63) is 0 Å². The second-order valence-corrected chi connectivity index (χ2v) is 0. The summed E-state index contributed by atoms with van der Waals surface area (Å²) >= 11 is 0. The Bertz CT molecular complexity index is 8.00. The molecule has 0 spiro atoms. The third kappa shape index (κ3) is 8.92. The zero-order valence-corrected chi connectivity index (χ0v) is 13.4. The van der Waals surface area contributed by atoms with E-state index in [0.717, 1.165) is 0 Å². The van der Waals surface area contributed by atoms with Gasteiger partial charge in [0.25, 0.3) is 0 Å². The van der Waals surface area contributed by atoms with Crippen LogP contribution in [0.25, 0.3) is 0 Å². The van der Waals surface area contributed by atoms with Gasteiger partial charge in [-0.3, -0.25) is 0 Å². The van der Waals surface area contributed by atoms with Crippen LogP contribution in [0.4, 0.5) is 0 Å². The topological polar surface area (TPSA) is 0 Å². The Kier molecular flexibility index (Phi) is 114. The molecular weight excluding hydrogens is 428 g/mol. The fraction of sp³-hybridized carbons (Fsp3) is 0. The van der Waals surface area contributed by atoms with Crippen molar-refractivity contribution >= 4 is 66.3 Å². The van der Waals surface area contributed by atoms with Crippen LogP contribution in [-0.4, -0.2) is 66.3 Å². The first kappa shape index (κ1) is 27.5. The van der Waals surface area contributed by atoms with E-state index in [1.54, 1.807) is 0 Å². The summed E-state index contributed by atoms with van der Waals surface area (Å²) in [6.07, 6.45) is 0. The minimum atomic E-state index is 0. The molecule has 0 saturated carbocycles. The van der Waals surface area contributed by atoms with E-state index in [1.165, 1.54) is 0 Å². The van der Waals surface area contributed by atoms with Crippen LogP contribution in [-0.2, 0) is 27.3 Å². The Balaban J connectivity index is 0. The van der Waals surface area contributed by atoms with Gasteiger partial charge in [-0.2, -0.15) is 0 Å². The molecule has 0 saturated heterocycles. The van der Waals surface area contributed by atoms with E-state index >= 15 is 0 Å². The smallest absolute Gasteiger partial charge is 0 e. The van der Waals surface area contributed by atoms with Gasteiger partial charge in [0, 0.05) is 93.6 Å². The molecule has 0 aromatic carbocycles. The predicted octanol–water partition coefficient (Wildman–Crippen LogP) is -1.14. The summed E-state index contributed by atoms with van der Waals surface area (Å²) in [5, 5.41) is 0. The summed E-state index contributed by atoms with van der Waals surface area (Å²) in [6, 6.07) is 0. The SMILES string of the molecule is [As].[Cd].[Sb].[Sn]. The fourth-order valence-corrected chi connectivity index (χ4v) is 0. The zero-order chi connectivity index (χ0) is 0. The van der Waals surface area contributed by atoms with Crippen molar-refractivity contribution in [2.75, 3.05) is 0 Å². The van der Waals surface area contributed by atoms with E-state index in [-0.39, 0.29) is 93.6 Å². The van der Waals surface area contributed by atoms with Gasteiger partial charge in [0.05, 0.1) is 0 Å². The maximum absolute atomic E-state index is 0. The Hall–Kier alpha value is 3.10. The van der Waals surface area contributed by atoms with Gasteiger partial charge in [-0.15, -0.1) is 0 Å². The van der Waals surface area contributed by atoms with Crippen molar-refractivity contribution in [3.8, 4) is 0 Å². The molecule has 0 amide bonds. The first-order valence-electron chi connectivity index (χ1n) is 0. The predicted molar refractivity (Wildman–Crippen MR) is 17.3 cm³/mol. The van der Waals surface area contributed by atoms with E-state index in [9.17, 15) is 0 Å². The largest absolute Gasteiger partial charge is 0 e. The van der Waals surface area contributed by atoms with Crippen LogP contribution < -0.4 is 0 Å². The molecule has 0 rings (SSSR count). The molecule has 16 valence electrons. The van der Waals surface area contributed by atoms with Gasteiger partial charge in [-0.1, -0.05) is 0 Å². The second kappa shape index (κ2) is 16.5.